The second kappa shape index (κ2) is 13.0. The first-order chi connectivity index (χ1) is 17.0. The van der Waals surface area contributed by atoms with Crippen LogP contribution >= 0.6 is 0 Å². The third-order valence-corrected chi connectivity index (χ3v) is 5.89. The smallest absolute Gasteiger partial charge is 0.319 e. The fourth-order valence-electron chi connectivity index (χ4n) is 3.33. The largest absolute Gasteiger partial charge is 0.493 e. The topological polar surface area (TPSA) is 132 Å². The lowest BCUT2D eigenvalue weighted by molar-refractivity contribution is 0.0939. The maximum atomic E-state index is 12.6. The number of rotatable bonds is 12. The molecule has 0 heterocycles. The molecule has 11 heteroatoms. The summed E-state index contributed by atoms with van der Waals surface area (Å²) in [6.07, 6.45) is 1.10. The van der Waals surface area contributed by atoms with Crippen LogP contribution in [0.2, 0.25) is 0 Å². The van der Waals surface area contributed by atoms with Crippen molar-refractivity contribution in [1.29, 1.82) is 0 Å². The molecule has 0 aliphatic heterocycles. The summed E-state index contributed by atoms with van der Waals surface area (Å²) in [5.41, 5.74) is 1.25. The van der Waals surface area contributed by atoms with Crippen molar-refractivity contribution < 1.29 is 32.2 Å². The third kappa shape index (κ3) is 8.04. The number of carbonyl (C=O) groups excluding carboxylic acids is 2. The van der Waals surface area contributed by atoms with Crippen molar-refractivity contribution in [3.8, 4) is 17.2 Å². The van der Waals surface area contributed by atoms with E-state index < -0.39 is 15.9 Å². The summed E-state index contributed by atoms with van der Waals surface area (Å²) in [5.74, 6) is 0.619. The molecule has 2 aromatic carbocycles. The van der Waals surface area contributed by atoms with Crippen molar-refractivity contribution in [2.24, 2.45) is 0 Å². The fraction of sp³-hybridized carbons (Fsp3) is 0.440. The number of urea groups is 1. The monoisotopic (exact) mass is 521 g/mol. The quantitative estimate of drug-likeness (QED) is 0.388. The van der Waals surface area contributed by atoms with Crippen molar-refractivity contribution in [1.82, 2.24) is 10.6 Å². The highest BCUT2D eigenvalue weighted by Crippen LogP contribution is 2.32. The summed E-state index contributed by atoms with van der Waals surface area (Å²) in [6.45, 7) is 10.1. The maximum Gasteiger partial charge on any atom is 0.319 e. The van der Waals surface area contributed by atoms with E-state index in [1.54, 1.807) is 38.1 Å². The average molecular weight is 522 g/mol. The van der Waals surface area contributed by atoms with Crippen LogP contribution in [0.3, 0.4) is 0 Å². The summed E-state index contributed by atoms with van der Waals surface area (Å²) < 4.78 is 41.1. The Morgan fingerprint density at radius 1 is 0.889 bits per heavy atom. The van der Waals surface area contributed by atoms with E-state index in [9.17, 15) is 18.0 Å². The second-order valence-electron chi connectivity index (χ2n) is 8.12. The van der Waals surface area contributed by atoms with Crippen LogP contribution in [0.1, 0.15) is 50.5 Å². The Morgan fingerprint density at radius 2 is 1.50 bits per heavy atom. The highest BCUT2D eigenvalue weighted by molar-refractivity contribution is 7.90. The first kappa shape index (κ1) is 28.8. The number of carbonyl (C=O) groups is 2. The molecule has 0 saturated carbocycles. The number of ether oxygens (including phenoxy) is 3. The lowest BCUT2D eigenvalue weighted by Gasteiger charge is -2.17. The third-order valence-electron chi connectivity index (χ3n) is 4.77. The van der Waals surface area contributed by atoms with E-state index in [0.29, 0.717) is 41.5 Å². The Labute approximate surface area is 212 Å². The van der Waals surface area contributed by atoms with Gasteiger partial charge in [0.25, 0.3) is 5.91 Å². The fourth-order valence-corrected chi connectivity index (χ4v) is 4.13. The van der Waals surface area contributed by atoms with E-state index in [4.69, 9.17) is 14.2 Å². The lowest BCUT2D eigenvalue weighted by atomic mass is 10.1. The molecule has 36 heavy (non-hydrogen) atoms. The molecule has 0 unspecified atom stereocenters. The molecule has 0 fully saturated rings. The maximum absolute atomic E-state index is 12.6. The van der Waals surface area contributed by atoms with E-state index in [-0.39, 0.29) is 35.7 Å². The number of hydrogen-bond acceptors (Lipinski definition) is 7. The van der Waals surface area contributed by atoms with Gasteiger partial charge in [0.1, 0.15) is 22.1 Å². The van der Waals surface area contributed by atoms with Crippen LogP contribution in [-0.2, 0) is 16.4 Å². The number of hydrogen-bond donors (Lipinski definition) is 3. The standard InChI is InChI=1S/C25H35N3O7S/c1-7-33-20-11-10-18(13-19(20)24(29)27-16(4)5)28-25(30)26-15-17-12-22(35-9-3)23(36(6,31)32)14-21(17)34-8-2/h10-14,16H,7-9,15H2,1-6H3,(H,27,29)(H2,26,28,30). The van der Waals surface area contributed by atoms with Crippen LogP contribution < -0.4 is 30.2 Å². The molecule has 0 aliphatic rings. The minimum atomic E-state index is -3.56. The van der Waals surface area contributed by atoms with Crippen LogP contribution in [0, 0.1) is 0 Å². The molecule has 0 bridgehead atoms. The summed E-state index contributed by atoms with van der Waals surface area (Å²) >= 11 is 0. The van der Waals surface area contributed by atoms with E-state index in [2.05, 4.69) is 16.0 Å². The van der Waals surface area contributed by atoms with Crippen molar-refractivity contribution in [3.63, 3.8) is 0 Å². The van der Waals surface area contributed by atoms with Gasteiger partial charge in [-0.25, -0.2) is 13.2 Å². The molecule has 0 aromatic heterocycles. The molecular weight excluding hydrogens is 486 g/mol. The molecule has 3 N–H and O–H groups in total. The van der Waals surface area contributed by atoms with Gasteiger partial charge in [0.15, 0.2) is 9.84 Å². The van der Waals surface area contributed by atoms with Gasteiger partial charge in [0, 0.05) is 36.2 Å². The first-order valence-corrected chi connectivity index (χ1v) is 13.6. The van der Waals surface area contributed by atoms with Gasteiger partial charge in [-0.2, -0.15) is 0 Å². The van der Waals surface area contributed by atoms with Gasteiger partial charge in [0.05, 0.1) is 25.4 Å². The predicted octanol–water partition coefficient (Wildman–Crippen LogP) is 3.75. The zero-order valence-corrected chi connectivity index (χ0v) is 22.4. The van der Waals surface area contributed by atoms with Gasteiger partial charge in [-0.15, -0.1) is 0 Å². The summed E-state index contributed by atoms with van der Waals surface area (Å²) in [6, 6.07) is 7.17. The van der Waals surface area contributed by atoms with Gasteiger partial charge in [-0.05, 0) is 58.9 Å². The van der Waals surface area contributed by atoms with Crippen LogP contribution in [0.25, 0.3) is 0 Å². The normalized spacial score (nSPS) is 11.1. The molecule has 2 aromatic rings. The number of benzene rings is 2. The highest BCUT2D eigenvalue weighted by Gasteiger charge is 2.20. The zero-order valence-electron chi connectivity index (χ0n) is 21.6. The van der Waals surface area contributed by atoms with E-state index in [1.165, 1.54) is 6.07 Å². The Kier molecular flexibility index (Phi) is 10.4. The summed E-state index contributed by atoms with van der Waals surface area (Å²) in [5, 5.41) is 8.25. The molecule has 0 radical (unpaired) electrons. The molecular formula is C25H35N3O7S. The molecule has 0 aliphatic carbocycles. The van der Waals surface area contributed by atoms with Crippen molar-refractivity contribution >= 4 is 27.5 Å². The van der Waals surface area contributed by atoms with Crippen LogP contribution in [0.4, 0.5) is 10.5 Å². The van der Waals surface area contributed by atoms with E-state index in [1.807, 2.05) is 20.8 Å². The SMILES string of the molecule is CCOc1cc(S(C)(=O)=O)c(OCC)cc1CNC(=O)Nc1ccc(OCC)c(C(=O)NC(C)C)c1. The van der Waals surface area contributed by atoms with Crippen LogP contribution in [-0.4, -0.2) is 52.5 Å². The molecule has 0 atom stereocenters. The van der Waals surface area contributed by atoms with Gasteiger partial charge >= 0.3 is 6.03 Å². The predicted molar refractivity (Wildman–Crippen MR) is 138 cm³/mol. The van der Waals surface area contributed by atoms with Crippen molar-refractivity contribution in [2.45, 2.75) is 52.1 Å². The lowest BCUT2D eigenvalue weighted by Crippen LogP contribution is -2.31. The van der Waals surface area contributed by atoms with Crippen molar-refractivity contribution in [2.75, 3.05) is 31.4 Å². The minimum Gasteiger partial charge on any atom is -0.493 e. The van der Waals surface area contributed by atoms with Gasteiger partial charge in [0.2, 0.25) is 0 Å². The molecule has 0 saturated heterocycles. The Balaban J connectivity index is 2.24. The molecule has 0 spiro atoms. The van der Waals surface area contributed by atoms with E-state index >= 15 is 0 Å². The second-order valence-corrected chi connectivity index (χ2v) is 10.1. The molecule has 3 amide bonds. The van der Waals surface area contributed by atoms with Gasteiger partial charge in [-0.1, -0.05) is 0 Å². The number of amides is 3. The van der Waals surface area contributed by atoms with E-state index in [0.717, 1.165) is 6.26 Å². The minimum absolute atomic E-state index is 0.0163. The van der Waals surface area contributed by atoms with Crippen molar-refractivity contribution in [3.05, 3.63) is 41.5 Å². The Morgan fingerprint density at radius 3 is 2.08 bits per heavy atom. The first-order valence-electron chi connectivity index (χ1n) is 11.7. The zero-order chi connectivity index (χ0) is 26.9. The number of anilines is 1. The summed E-state index contributed by atoms with van der Waals surface area (Å²) in [4.78, 5) is 25.2. The molecule has 10 nitrogen and oxygen atoms in total. The number of nitrogens with one attached hydrogen (secondary N) is 3. The molecule has 2 rings (SSSR count). The van der Waals surface area contributed by atoms with Gasteiger partial charge < -0.3 is 30.2 Å². The van der Waals surface area contributed by atoms with Crippen LogP contribution in [0.15, 0.2) is 35.2 Å². The Hall–Kier alpha value is -3.47. The molecule has 198 valence electrons. The summed E-state index contributed by atoms with van der Waals surface area (Å²) in [7, 11) is -3.56. The Bertz CT molecular complexity index is 1180. The van der Waals surface area contributed by atoms with Crippen LogP contribution in [0.5, 0.6) is 17.2 Å². The average Bonchev–Trinajstić information content (AvgIpc) is 2.79. The number of sulfone groups is 1. The van der Waals surface area contributed by atoms with Gasteiger partial charge in [-0.3, -0.25) is 4.79 Å². The highest BCUT2D eigenvalue weighted by atomic mass is 32.2.